The third kappa shape index (κ3) is 4.44. The Morgan fingerprint density at radius 2 is 1.65 bits per heavy atom. The van der Waals surface area contributed by atoms with Crippen molar-refractivity contribution in [3.63, 3.8) is 0 Å². The molecule has 3 heterocycles. The van der Waals surface area contributed by atoms with Crippen LogP contribution in [-0.4, -0.2) is 75.5 Å². The number of ether oxygens (including phenoxy) is 2. The predicted molar refractivity (Wildman–Crippen MR) is 124 cm³/mol. The number of carbonyl (C=O) groups is 1. The van der Waals surface area contributed by atoms with Gasteiger partial charge in [-0.1, -0.05) is 12.1 Å². The second-order valence-electron chi connectivity index (χ2n) is 8.75. The van der Waals surface area contributed by atoms with Crippen molar-refractivity contribution in [3.05, 3.63) is 48.3 Å². The highest BCUT2D eigenvalue weighted by molar-refractivity contribution is 7.89. The molecule has 8 nitrogen and oxygen atoms in total. The van der Waals surface area contributed by atoms with E-state index in [1.54, 1.807) is 24.3 Å². The van der Waals surface area contributed by atoms with Crippen LogP contribution in [0.5, 0.6) is 11.5 Å². The lowest BCUT2D eigenvalue weighted by Gasteiger charge is -2.35. The summed E-state index contributed by atoms with van der Waals surface area (Å²) in [7, 11) is -3.76. The minimum Gasteiger partial charge on any atom is -0.485 e. The summed E-state index contributed by atoms with van der Waals surface area (Å²) in [6.45, 7) is 2.79. The van der Waals surface area contributed by atoms with Crippen molar-refractivity contribution in [2.75, 3.05) is 50.8 Å². The molecule has 2 aromatic rings. The number of para-hydroxylation sites is 1. The fraction of sp³-hybridized carbons (Fsp3) is 0.458. The standard InChI is InChI=1S/C24H28FN3O5S/c25-19-6-2-3-7-20(19)26-12-14-28(15-13-26)34(30,31)18-8-9-21-22(16-18)32-17-23(33-21)24(29)27-10-4-1-5-11-27/h2-3,6-9,16,23H,1,4-5,10-15,17H2. The van der Waals surface area contributed by atoms with E-state index in [0.717, 1.165) is 32.4 Å². The number of likely N-dealkylation sites (tertiary alicyclic amines) is 1. The predicted octanol–water partition coefficient (Wildman–Crippen LogP) is 2.49. The molecule has 3 aliphatic rings. The molecule has 0 aromatic heterocycles. The molecule has 10 heteroatoms. The monoisotopic (exact) mass is 489 g/mol. The molecule has 5 rings (SSSR count). The van der Waals surface area contributed by atoms with Gasteiger partial charge in [0.2, 0.25) is 16.1 Å². The van der Waals surface area contributed by atoms with E-state index >= 15 is 0 Å². The minimum atomic E-state index is -3.76. The first-order valence-corrected chi connectivity index (χ1v) is 13.1. The third-order valence-corrected chi connectivity index (χ3v) is 8.48. The number of fused-ring (bicyclic) bond motifs is 1. The smallest absolute Gasteiger partial charge is 0.267 e. The van der Waals surface area contributed by atoms with Crippen LogP contribution in [0.1, 0.15) is 19.3 Å². The maximum atomic E-state index is 14.1. The lowest BCUT2D eigenvalue weighted by molar-refractivity contribution is -0.142. The number of benzene rings is 2. The number of amides is 1. The number of piperazine rings is 1. The van der Waals surface area contributed by atoms with Crippen LogP contribution >= 0.6 is 0 Å². The van der Waals surface area contributed by atoms with Crippen LogP contribution < -0.4 is 14.4 Å². The van der Waals surface area contributed by atoms with Gasteiger partial charge in [-0.3, -0.25) is 4.79 Å². The Balaban J connectivity index is 1.25. The molecular formula is C24H28FN3O5S. The zero-order chi connectivity index (χ0) is 23.7. The van der Waals surface area contributed by atoms with Gasteiger partial charge in [0.25, 0.3) is 5.91 Å². The Hall–Kier alpha value is -2.85. The second kappa shape index (κ2) is 9.42. The van der Waals surface area contributed by atoms with Crippen LogP contribution in [0.4, 0.5) is 10.1 Å². The van der Waals surface area contributed by atoms with Gasteiger partial charge in [-0.15, -0.1) is 0 Å². The second-order valence-corrected chi connectivity index (χ2v) is 10.7. The van der Waals surface area contributed by atoms with Crippen LogP contribution in [0.3, 0.4) is 0 Å². The average Bonchev–Trinajstić information content (AvgIpc) is 2.88. The van der Waals surface area contributed by atoms with E-state index in [2.05, 4.69) is 0 Å². The fourth-order valence-electron chi connectivity index (χ4n) is 4.68. The first-order chi connectivity index (χ1) is 16.4. The average molecular weight is 490 g/mol. The van der Waals surface area contributed by atoms with E-state index in [9.17, 15) is 17.6 Å². The van der Waals surface area contributed by atoms with E-state index < -0.39 is 16.1 Å². The summed E-state index contributed by atoms with van der Waals surface area (Å²) in [5.74, 6) is 0.274. The van der Waals surface area contributed by atoms with Crippen LogP contribution in [0, 0.1) is 5.82 Å². The third-order valence-electron chi connectivity index (χ3n) is 6.59. The number of sulfonamides is 1. The normalized spacial score (nSPS) is 21.4. The van der Waals surface area contributed by atoms with Crippen molar-refractivity contribution in [1.82, 2.24) is 9.21 Å². The van der Waals surface area contributed by atoms with E-state index in [0.29, 0.717) is 30.3 Å². The van der Waals surface area contributed by atoms with Crippen LogP contribution in [-0.2, 0) is 14.8 Å². The van der Waals surface area contributed by atoms with Gasteiger partial charge in [-0.05, 0) is 43.5 Å². The van der Waals surface area contributed by atoms with Crippen molar-refractivity contribution < 1.29 is 27.1 Å². The molecule has 1 amide bonds. The molecule has 2 saturated heterocycles. The van der Waals surface area contributed by atoms with Crippen molar-refractivity contribution in [2.45, 2.75) is 30.3 Å². The van der Waals surface area contributed by atoms with Gasteiger partial charge in [0, 0.05) is 45.3 Å². The van der Waals surface area contributed by atoms with E-state index in [1.165, 1.54) is 22.5 Å². The zero-order valence-electron chi connectivity index (χ0n) is 18.9. The SMILES string of the molecule is O=C(C1COc2cc(S(=O)(=O)N3CCN(c4ccccc4F)CC3)ccc2O1)N1CCCCC1. The number of halogens is 1. The summed E-state index contributed by atoms with van der Waals surface area (Å²) < 4.78 is 53.6. The molecule has 1 atom stereocenters. The maximum Gasteiger partial charge on any atom is 0.267 e. The summed E-state index contributed by atoms with van der Waals surface area (Å²) >= 11 is 0. The van der Waals surface area contributed by atoms with Gasteiger partial charge in [0.15, 0.2) is 11.5 Å². The molecule has 34 heavy (non-hydrogen) atoms. The number of carbonyl (C=O) groups excluding carboxylic acids is 1. The van der Waals surface area contributed by atoms with Gasteiger partial charge >= 0.3 is 0 Å². The van der Waals surface area contributed by atoms with E-state index in [4.69, 9.17) is 9.47 Å². The molecule has 0 bridgehead atoms. The summed E-state index contributed by atoms with van der Waals surface area (Å²) in [6, 6.07) is 11.0. The quantitative estimate of drug-likeness (QED) is 0.657. The molecular weight excluding hydrogens is 461 g/mol. The van der Waals surface area contributed by atoms with E-state index in [1.807, 2.05) is 9.80 Å². The number of nitrogens with zero attached hydrogens (tertiary/aromatic N) is 3. The molecule has 1 unspecified atom stereocenters. The Kier molecular flexibility index (Phi) is 6.35. The Morgan fingerprint density at radius 3 is 2.38 bits per heavy atom. The summed E-state index contributed by atoms with van der Waals surface area (Å²) in [6.07, 6.45) is 2.39. The Bertz CT molecular complexity index is 1160. The fourth-order valence-corrected chi connectivity index (χ4v) is 6.12. The first kappa shape index (κ1) is 22.9. The largest absolute Gasteiger partial charge is 0.485 e. The minimum absolute atomic E-state index is 0.0488. The summed E-state index contributed by atoms with van der Waals surface area (Å²) in [5, 5.41) is 0. The number of hydrogen-bond acceptors (Lipinski definition) is 6. The molecule has 0 N–H and O–H groups in total. The number of anilines is 1. The highest BCUT2D eigenvalue weighted by Crippen LogP contribution is 2.35. The highest BCUT2D eigenvalue weighted by atomic mass is 32.2. The number of rotatable bonds is 4. The highest BCUT2D eigenvalue weighted by Gasteiger charge is 2.34. The van der Waals surface area contributed by atoms with Crippen molar-refractivity contribution in [3.8, 4) is 11.5 Å². The van der Waals surface area contributed by atoms with Crippen LogP contribution in [0.25, 0.3) is 0 Å². The summed E-state index contributed by atoms with van der Waals surface area (Å²) in [4.78, 5) is 16.5. The maximum absolute atomic E-state index is 14.1. The van der Waals surface area contributed by atoms with Crippen LogP contribution in [0.2, 0.25) is 0 Å². The topological polar surface area (TPSA) is 79.4 Å². The van der Waals surface area contributed by atoms with Gasteiger partial charge in [-0.2, -0.15) is 4.31 Å². The van der Waals surface area contributed by atoms with Crippen molar-refractivity contribution in [1.29, 1.82) is 0 Å². The van der Waals surface area contributed by atoms with Gasteiger partial charge in [0.1, 0.15) is 12.4 Å². The molecule has 0 aliphatic carbocycles. The molecule has 0 saturated carbocycles. The number of hydrogen-bond donors (Lipinski definition) is 0. The van der Waals surface area contributed by atoms with Crippen molar-refractivity contribution >= 4 is 21.6 Å². The Labute approximate surface area is 198 Å². The lowest BCUT2D eigenvalue weighted by Crippen LogP contribution is -2.49. The summed E-state index contributed by atoms with van der Waals surface area (Å²) in [5.41, 5.74) is 0.479. The number of piperidine rings is 1. The van der Waals surface area contributed by atoms with E-state index in [-0.39, 0.29) is 36.3 Å². The zero-order valence-corrected chi connectivity index (χ0v) is 19.7. The van der Waals surface area contributed by atoms with Gasteiger partial charge < -0.3 is 19.3 Å². The molecule has 2 fully saturated rings. The molecule has 0 spiro atoms. The lowest BCUT2D eigenvalue weighted by atomic mass is 10.1. The van der Waals surface area contributed by atoms with Crippen molar-refractivity contribution in [2.24, 2.45) is 0 Å². The first-order valence-electron chi connectivity index (χ1n) is 11.7. The molecule has 3 aliphatic heterocycles. The van der Waals surface area contributed by atoms with Gasteiger partial charge in [0.05, 0.1) is 10.6 Å². The molecule has 0 radical (unpaired) electrons. The molecule has 2 aromatic carbocycles. The Morgan fingerprint density at radius 1 is 0.912 bits per heavy atom. The van der Waals surface area contributed by atoms with Gasteiger partial charge in [-0.25, -0.2) is 12.8 Å². The van der Waals surface area contributed by atoms with Crippen LogP contribution in [0.15, 0.2) is 47.4 Å². The molecule has 182 valence electrons.